The Balaban J connectivity index is 1.93. The van der Waals surface area contributed by atoms with Crippen molar-refractivity contribution in [3.8, 4) is 5.75 Å². The number of methoxy groups -OCH3 is 1. The zero-order valence-corrected chi connectivity index (χ0v) is 11.8. The van der Waals surface area contributed by atoms with Crippen LogP contribution in [0, 0.1) is 5.92 Å². The van der Waals surface area contributed by atoms with Crippen LogP contribution in [-0.4, -0.2) is 31.6 Å². The van der Waals surface area contributed by atoms with Gasteiger partial charge in [0.2, 0.25) is 0 Å². The highest BCUT2D eigenvalue weighted by molar-refractivity contribution is 6.30. The molecule has 0 atom stereocenters. The van der Waals surface area contributed by atoms with Crippen LogP contribution in [-0.2, 0) is 6.54 Å². The average molecular weight is 269 g/mol. The summed E-state index contributed by atoms with van der Waals surface area (Å²) in [4.78, 5) is 2.31. The highest BCUT2D eigenvalue weighted by Gasteiger charge is 2.26. The third kappa shape index (κ3) is 3.37. The molecule has 0 saturated heterocycles. The van der Waals surface area contributed by atoms with Crippen LogP contribution in [0.5, 0.6) is 5.75 Å². The van der Waals surface area contributed by atoms with Gasteiger partial charge in [-0.3, -0.25) is 0 Å². The van der Waals surface area contributed by atoms with Crippen LogP contribution in [0.3, 0.4) is 0 Å². The van der Waals surface area contributed by atoms with Crippen molar-refractivity contribution in [2.75, 3.05) is 20.7 Å². The third-order valence-electron chi connectivity index (χ3n) is 3.52. The van der Waals surface area contributed by atoms with Gasteiger partial charge in [0.25, 0.3) is 0 Å². The van der Waals surface area contributed by atoms with Crippen molar-refractivity contribution in [3.63, 3.8) is 0 Å². The predicted molar refractivity (Wildman–Crippen MR) is 75.0 cm³/mol. The van der Waals surface area contributed by atoms with Crippen molar-refractivity contribution in [3.05, 3.63) is 28.8 Å². The van der Waals surface area contributed by atoms with Gasteiger partial charge in [-0.05, 0) is 44.0 Å². The van der Waals surface area contributed by atoms with E-state index in [4.69, 9.17) is 22.1 Å². The lowest BCUT2D eigenvalue weighted by molar-refractivity contribution is 0.177. The van der Waals surface area contributed by atoms with Gasteiger partial charge in [-0.25, -0.2) is 0 Å². The van der Waals surface area contributed by atoms with Gasteiger partial charge in [-0.15, -0.1) is 0 Å². The molecule has 1 fully saturated rings. The summed E-state index contributed by atoms with van der Waals surface area (Å²) >= 11 is 6.03. The lowest BCUT2D eigenvalue weighted by atomic mass is 9.80. The van der Waals surface area contributed by atoms with Crippen LogP contribution in [0.15, 0.2) is 18.2 Å². The Labute approximate surface area is 114 Å². The fourth-order valence-corrected chi connectivity index (χ4v) is 2.80. The Bertz CT molecular complexity index is 405. The van der Waals surface area contributed by atoms with E-state index >= 15 is 0 Å². The van der Waals surface area contributed by atoms with Crippen molar-refractivity contribution in [1.82, 2.24) is 4.90 Å². The summed E-state index contributed by atoms with van der Waals surface area (Å²) in [5, 5.41) is 0.755. The SMILES string of the molecule is COc1ccc(Cl)cc1CN(C)CC1CC(N)C1. The predicted octanol–water partition coefficient (Wildman–Crippen LogP) is 2.52. The summed E-state index contributed by atoms with van der Waals surface area (Å²) in [6.45, 7) is 1.94. The van der Waals surface area contributed by atoms with Gasteiger partial charge in [0, 0.05) is 29.7 Å². The lowest BCUT2D eigenvalue weighted by Gasteiger charge is -2.35. The maximum atomic E-state index is 6.03. The van der Waals surface area contributed by atoms with E-state index in [1.165, 1.54) is 0 Å². The Morgan fingerprint density at radius 2 is 2.17 bits per heavy atom. The van der Waals surface area contributed by atoms with E-state index in [1.807, 2.05) is 18.2 Å². The maximum Gasteiger partial charge on any atom is 0.123 e. The molecule has 2 rings (SSSR count). The number of nitrogens with zero attached hydrogens (tertiary/aromatic N) is 1. The molecule has 0 spiro atoms. The molecule has 1 saturated carbocycles. The van der Waals surface area contributed by atoms with Crippen LogP contribution in [0.4, 0.5) is 0 Å². The Hall–Kier alpha value is -0.770. The molecule has 1 aromatic rings. The Kier molecular flexibility index (Phi) is 4.49. The maximum absolute atomic E-state index is 6.03. The molecule has 2 N–H and O–H groups in total. The number of halogens is 1. The van der Waals surface area contributed by atoms with Gasteiger partial charge in [0.05, 0.1) is 7.11 Å². The Morgan fingerprint density at radius 1 is 1.44 bits per heavy atom. The number of ether oxygens (including phenoxy) is 1. The highest BCUT2D eigenvalue weighted by atomic mass is 35.5. The molecule has 3 nitrogen and oxygen atoms in total. The normalized spacial score (nSPS) is 22.9. The molecule has 1 aromatic carbocycles. The summed E-state index contributed by atoms with van der Waals surface area (Å²) in [7, 11) is 3.82. The van der Waals surface area contributed by atoms with E-state index in [9.17, 15) is 0 Å². The fourth-order valence-electron chi connectivity index (χ4n) is 2.60. The molecule has 0 bridgehead atoms. The van der Waals surface area contributed by atoms with Crippen molar-refractivity contribution >= 4 is 11.6 Å². The van der Waals surface area contributed by atoms with E-state index in [2.05, 4.69) is 11.9 Å². The van der Waals surface area contributed by atoms with Crippen LogP contribution >= 0.6 is 11.6 Å². The van der Waals surface area contributed by atoms with E-state index in [0.717, 1.165) is 48.2 Å². The zero-order valence-electron chi connectivity index (χ0n) is 11.0. The molecule has 0 aromatic heterocycles. The summed E-state index contributed by atoms with van der Waals surface area (Å²) < 4.78 is 5.36. The standard InChI is InChI=1S/C14H21ClN2O/c1-17(8-10-5-13(16)6-10)9-11-7-12(15)3-4-14(11)18-2/h3-4,7,10,13H,5-6,8-9,16H2,1-2H3. The molecular formula is C14H21ClN2O. The Morgan fingerprint density at radius 3 is 2.78 bits per heavy atom. The smallest absolute Gasteiger partial charge is 0.123 e. The molecule has 0 aliphatic heterocycles. The molecule has 0 heterocycles. The van der Waals surface area contributed by atoms with E-state index in [1.54, 1.807) is 7.11 Å². The summed E-state index contributed by atoms with van der Waals surface area (Å²) in [5.74, 6) is 1.65. The summed E-state index contributed by atoms with van der Waals surface area (Å²) in [6, 6.07) is 6.17. The minimum Gasteiger partial charge on any atom is -0.496 e. The summed E-state index contributed by atoms with van der Waals surface area (Å²) in [6.07, 6.45) is 2.30. The van der Waals surface area contributed by atoms with Crippen LogP contribution in [0.25, 0.3) is 0 Å². The number of nitrogens with two attached hydrogens (primary N) is 1. The topological polar surface area (TPSA) is 38.5 Å². The molecule has 0 unspecified atom stereocenters. The van der Waals surface area contributed by atoms with Crippen molar-refractivity contribution < 1.29 is 4.74 Å². The first-order valence-corrected chi connectivity index (χ1v) is 6.73. The third-order valence-corrected chi connectivity index (χ3v) is 3.76. The van der Waals surface area contributed by atoms with Gasteiger partial charge < -0.3 is 15.4 Å². The van der Waals surface area contributed by atoms with Crippen LogP contribution in [0.2, 0.25) is 5.02 Å². The van der Waals surface area contributed by atoms with Gasteiger partial charge in [0.1, 0.15) is 5.75 Å². The molecule has 1 aliphatic rings. The van der Waals surface area contributed by atoms with Crippen molar-refractivity contribution in [2.24, 2.45) is 11.7 Å². The second-order valence-electron chi connectivity index (χ2n) is 5.25. The fraction of sp³-hybridized carbons (Fsp3) is 0.571. The molecule has 0 radical (unpaired) electrons. The lowest BCUT2D eigenvalue weighted by Crippen LogP contribution is -2.41. The van der Waals surface area contributed by atoms with Gasteiger partial charge in [0.15, 0.2) is 0 Å². The first-order valence-electron chi connectivity index (χ1n) is 6.35. The first kappa shape index (κ1) is 13.7. The summed E-state index contributed by atoms with van der Waals surface area (Å²) in [5.41, 5.74) is 6.94. The first-order chi connectivity index (χ1) is 8.58. The molecule has 1 aliphatic carbocycles. The second-order valence-corrected chi connectivity index (χ2v) is 5.69. The molecule has 100 valence electrons. The quantitative estimate of drug-likeness (QED) is 0.892. The van der Waals surface area contributed by atoms with Crippen LogP contribution in [0.1, 0.15) is 18.4 Å². The van der Waals surface area contributed by atoms with E-state index in [-0.39, 0.29) is 0 Å². The minimum absolute atomic E-state index is 0.420. The number of benzene rings is 1. The number of hydrogen-bond acceptors (Lipinski definition) is 3. The molecular weight excluding hydrogens is 248 g/mol. The monoisotopic (exact) mass is 268 g/mol. The molecule has 4 heteroatoms. The van der Waals surface area contributed by atoms with Crippen molar-refractivity contribution in [1.29, 1.82) is 0 Å². The van der Waals surface area contributed by atoms with Crippen LogP contribution < -0.4 is 10.5 Å². The number of hydrogen-bond donors (Lipinski definition) is 1. The largest absolute Gasteiger partial charge is 0.496 e. The van der Waals surface area contributed by atoms with Crippen molar-refractivity contribution in [2.45, 2.75) is 25.4 Å². The highest BCUT2D eigenvalue weighted by Crippen LogP contribution is 2.28. The minimum atomic E-state index is 0.420. The van der Waals surface area contributed by atoms with Gasteiger partial charge in [-0.1, -0.05) is 11.6 Å². The van der Waals surface area contributed by atoms with Gasteiger partial charge in [-0.2, -0.15) is 0 Å². The average Bonchev–Trinajstić information content (AvgIpc) is 2.27. The van der Waals surface area contributed by atoms with E-state index < -0.39 is 0 Å². The molecule has 0 amide bonds. The second kappa shape index (κ2) is 5.91. The number of rotatable bonds is 5. The van der Waals surface area contributed by atoms with E-state index in [0.29, 0.717) is 6.04 Å². The molecule has 18 heavy (non-hydrogen) atoms. The van der Waals surface area contributed by atoms with Gasteiger partial charge >= 0.3 is 0 Å². The zero-order chi connectivity index (χ0) is 13.1.